The molecule has 0 unspecified atom stereocenters. The van der Waals surface area contributed by atoms with Crippen molar-refractivity contribution in [2.45, 2.75) is 18.9 Å². The minimum atomic E-state index is -0.822. The summed E-state index contributed by atoms with van der Waals surface area (Å²) in [6, 6.07) is 5.36. The smallest absolute Gasteiger partial charge is 0.311 e. The first-order valence-corrected chi connectivity index (χ1v) is 6.51. The summed E-state index contributed by atoms with van der Waals surface area (Å²) in [5.41, 5.74) is 0.881. The predicted octanol–water partition coefficient (Wildman–Crippen LogP) is 2.21. The minimum absolute atomic E-state index is 0.0755. The van der Waals surface area contributed by atoms with Gasteiger partial charge in [0.1, 0.15) is 29.9 Å². The van der Waals surface area contributed by atoms with Gasteiger partial charge in [0, 0.05) is 11.5 Å². The molecule has 108 valence electrons. The van der Waals surface area contributed by atoms with Gasteiger partial charge in [0.15, 0.2) is 0 Å². The Hall–Kier alpha value is -2.63. The zero-order valence-corrected chi connectivity index (χ0v) is 11.4. The highest BCUT2D eigenvalue weighted by Gasteiger charge is 2.63. The van der Waals surface area contributed by atoms with Crippen molar-refractivity contribution in [3.8, 4) is 11.5 Å². The van der Waals surface area contributed by atoms with Gasteiger partial charge >= 0.3 is 5.97 Å². The SMILES string of the molecule is C=N/C=N\C(=C/C)Oc1ccc2c(c1)[C@@H]1[C@H](O2)[C@H]1C(=O)O. The van der Waals surface area contributed by atoms with Crippen LogP contribution in [0.25, 0.3) is 0 Å². The van der Waals surface area contributed by atoms with Gasteiger partial charge in [-0.3, -0.25) is 9.79 Å². The van der Waals surface area contributed by atoms with Crippen LogP contribution in [0.4, 0.5) is 0 Å². The number of carboxylic acids is 1. The molecule has 21 heavy (non-hydrogen) atoms. The number of benzene rings is 1. The molecule has 1 aromatic carbocycles. The first-order chi connectivity index (χ1) is 10.2. The van der Waals surface area contributed by atoms with E-state index in [-0.39, 0.29) is 12.0 Å². The Morgan fingerprint density at radius 2 is 2.33 bits per heavy atom. The highest BCUT2D eigenvalue weighted by molar-refractivity contribution is 5.79. The van der Waals surface area contributed by atoms with Gasteiger partial charge in [-0.25, -0.2) is 4.99 Å². The van der Waals surface area contributed by atoms with Gasteiger partial charge < -0.3 is 14.6 Å². The molecule has 0 saturated heterocycles. The number of fused-ring (bicyclic) bond motifs is 3. The summed E-state index contributed by atoms with van der Waals surface area (Å²) in [4.78, 5) is 18.6. The van der Waals surface area contributed by atoms with Crippen molar-refractivity contribution in [3.05, 3.63) is 35.7 Å². The van der Waals surface area contributed by atoms with Crippen LogP contribution in [0.15, 0.2) is 40.1 Å². The van der Waals surface area contributed by atoms with Crippen LogP contribution in [-0.2, 0) is 4.79 Å². The largest absolute Gasteiger partial charge is 0.489 e. The van der Waals surface area contributed by atoms with Gasteiger partial charge in [0.25, 0.3) is 0 Å². The Labute approximate surface area is 121 Å². The third-order valence-electron chi connectivity index (χ3n) is 3.58. The average molecular weight is 286 g/mol. The summed E-state index contributed by atoms with van der Waals surface area (Å²) >= 11 is 0. The summed E-state index contributed by atoms with van der Waals surface area (Å²) in [6.45, 7) is 5.10. The van der Waals surface area contributed by atoms with Gasteiger partial charge in [0.05, 0.1) is 0 Å². The lowest BCUT2D eigenvalue weighted by atomic mass is 10.1. The lowest BCUT2D eigenvalue weighted by molar-refractivity contribution is -0.139. The molecule has 3 rings (SSSR count). The molecule has 0 amide bonds. The van der Waals surface area contributed by atoms with E-state index in [1.54, 1.807) is 25.1 Å². The maximum absolute atomic E-state index is 11.1. The summed E-state index contributed by atoms with van der Waals surface area (Å²) < 4.78 is 11.2. The second-order valence-electron chi connectivity index (χ2n) is 4.83. The van der Waals surface area contributed by atoms with E-state index < -0.39 is 11.9 Å². The molecule has 1 heterocycles. The molecule has 3 atom stereocenters. The van der Waals surface area contributed by atoms with Crippen molar-refractivity contribution in [3.63, 3.8) is 0 Å². The predicted molar refractivity (Wildman–Crippen MR) is 77.2 cm³/mol. The summed E-state index contributed by atoms with van der Waals surface area (Å²) in [5, 5.41) is 9.08. The van der Waals surface area contributed by atoms with Crippen LogP contribution in [0.3, 0.4) is 0 Å². The molecule has 1 N–H and O–H groups in total. The second-order valence-corrected chi connectivity index (χ2v) is 4.83. The van der Waals surface area contributed by atoms with Crippen LogP contribution in [-0.4, -0.2) is 30.2 Å². The molecule has 0 spiro atoms. The molecule has 2 aliphatic rings. The second kappa shape index (κ2) is 5.05. The number of hydrogen-bond donors (Lipinski definition) is 1. The third-order valence-corrected chi connectivity index (χ3v) is 3.58. The van der Waals surface area contributed by atoms with E-state index in [1.807, 2.05) is 6.07 Å². The molecule has 1 fully saturated rings. The first kappa shape index (κ1) is 13.4. The number of carboxylic acid groups (broad SMARTS) is 1. The molecule has 0 aromatic heterocycles. The highest BCUT2D eigenvalue weighted by Crippen LogP contribution is 2.58. The van der Waals surface area contributed by atoms with Gasteiger partial charge in [0.2, 0.25) is 5.88 Å². The van der Waals surface area contributed by atoms with Crippen LogP contribution in [0.1, 0.15) is 18.4 Å². The quantitative estimate of drug-likeness (QED) is 0.511. The van der Waals surface area contributed by atoms with Crippen LogP contribution in [0, 0.1) is 5.92 Å². The van der Waals surface area contributed by atoms with Crippen LogP contribution < -0.4 is 9.47 Å². The van der Waals surface area contributed by atoms with E-state index in [1.165, 1.54) is 6.34 Å². The normalized spacial score (nSPS) is 26.0. The van der Waals surface area contributed by atoms with Crippen molar-refractivity contribution >= 4 is 19.0 Å². The third kappa shape index (κ3) is 2.29. The van der Waals surface area contributed by atoms with Crippen LogP contribution in [0.2, 0.25) is 0 Å². The molecule has 6 nitrogen and oxygen atoms in total. The lowest BCUT2D eigenvalue weighted by Gasteiger charge is -2.09. The number of ether oxygens (including phenoxy) is 2. The number of aliphatic carboxylic acids is 1. The molecule has 1 aliphatic heterocycles. The fraction of sp³-hybridized carbons (Fsp3) is 0.267. The Morgan fingerprint density at radius 3 is 3.00 bits per heavy atom. The number of aliphatic imine (C=N–C) groups is 2. The van der Waals surface area contributed by atoms with Crippen molar-refractivity contribution in [2.24, 2.45) is 15.9 Å². The van der Waals surface area contributed by atoms with Crippen molar-refractivity contribution < 1.29 is 19.4 Å². The van der Waals surface area contributed by atoms with E-state index in [4.69, 9.17) is 14.6 Å². The Balaban J connectivity index is 1.80. The van der Waals surface area contributed by atoms with Gasteiger partial charge in [-0.2, -0.15) is 0 Å². The maximum Gasteiger partial charge on any atom is 0.311 e. The Kier molecular flexibility index (Phi) is 3.21. The van der Waals surface area contributed by atoms with Crippen molar-refractivity contribution in [2.75, 3.05) is 0 Å². The highest BCUT2D eigenvalue weighted by atomic mass is 16.5. The number of allylic oxidation sites excluding steroid dienone is 1. The van der Waals surface area contributed by atoms with E-state index >= 15 is 0 Å². The molecule has 0 bridgehead atoms. The molecule has 0 radical (unpaired) electrons. The maximum atomic E-state index is 11.1. The van der Waals surface area contributed by atoms with Gasteiger partial charge in [-0.1, -0.05) is 0 Å². The number of hydrogen-bond acceptors (Lipinski definition) is 4. The number of nitrogens with zero attached hydrogens (tertiary/aromatic N) is 2. The zero-order valence-electron chi connectivity index (χ0n) is 11.4. The fourth-order valence-electron chi connectivity index (χ4n) is 2.58. The molecule has 1 saturated carbocycles. The number of rotatable bonds is 5. The van der Waals surface area contributed by atoms with Crippen LogP contribution >= 0.6 is 0 Å². The topological polar surface area (TPSA) is 80.5 Å². The molecular weight excluding hydrogens is 272 g/mol. The lowest BCUT2D eigenvalue weighted by Crippen LogP contribution is -2.08. The monoisotopic (exact) mass is 286 g/mol. The van der Waals surface area contributed by atoms with Gasteiger partial charge in [-0.05, 0) is 37.9 Å². The average Bonchev–Trinajstić information content (AvgIpc) is 3.08. The molecule has 1 aliphatic carbocycles. The van der Waals surface area contributed by atoms with E-state index in [2.05, 4.69) is 16.7 Å². The summed E-state index contributed by atoms with van der Waals surface area (Å²) in [5.74, 6) is 0.364. The molecular formula is C15H14N2O4. The van der Waals surface area contributed by atoms with E-state index in [0.717, 1.165) is 11.3 Å². The fourth-order valence-corrected chi connectivity index (χ4v) is 2.58. The summed E-state index contributed by atoms with van der Waals surface area (Å²) in [6.07, 6.45) is 2.76. The zero-order chi connectivity index (χ0) is 15.0. The van der Waals surface area contributed by atoms with Crippen LogP contribution in [0.5, 0.6) is 11.5 Å². The van der Waals surface area contributed by atoms with Gasteiger partial charge in [-0.15, -0.1) is 0 Å². The minimum Gasteiger partial charge on any atom is -0.489 e. The van der Waals surface area contributed by atoms with Crippen molar-refractivity contribution in [1.82, 2.24) is 0 Å². The number of carbonyl (C=O) groups is 1. The van der Waals surface area contributed by atoms with Crippen molar-refractivity contribution in [1.29, 1.82) is 0 Å². The Bertz CT molecular complexity index is 666. The first-order valence-electron chi connectivity index (χ1n) is 6.51. The molecule has 1 aromatic rings. The Morgan fingerprint density at radius 1 is 1.52 bits per heavy atom. The standard InChI is InChI=1S/C15H14N2O4/c1-3-11(17-7-16-2)20-8-4-5-10-9(6-8)12-13(15(18)19)14(12)21-10/h3-7,12-14H,2H2,1H3,(H,18,19)/b11-3+,17-7-/t12-,13-,14-/m0/s1. The van der Waals surface area contributed by atoms with E-state index in [9.17, 15) is 4.79 Å². The van der Waals surface area contributed by atoms with E-state index in [0.29, 0.717) is 11.6 Å². The molecule has 6 heteroatoms. The summed E-state index contributed by atoms with van der Waals surface area (Å²) in [7, 11) is 0.